The average Bonchev–Trinajstić information content (AvgIpc) is 3.11. The van der Waals surface area contributed by atoms with Gasteiger partial charge in [-0.15, -0.1) is 24.0 Å². The summed E-state index contributed by atoms with van der Waals surface area (Å²) in [5.41, 5.74) is 0.978. The number of aromatic nitrogens is 2. The smallest absolute Gasteiger partial charge is 0.194 e. The molecule has 0 saturated carbocycles. The summed E-state index contributed by atoms with van der Waals surface area (Å²) in [7, 11) is 0. The molecule has 0 bridgehead atoms. The SMILES string of the molecule is CCNC(=NCc1nccn1CC(C)C)N1CC(C)OC(c2ccc(F)cc2)C1.I. The van der Waals surface area contributed by atoms with Gasteiger partial charge in [0.1, 0.15) is 24.3 Å². The Labute approximate surface area is 195 Å². The van der Waals surface area contributed by atoms with E-state index in [-0.39, 0.29) is 42.0 Å². The Morgan fingerprint density at radius 3 is 2.70 bits per heavy atom. The molecule has 1 aromatic heterocycles. The maximum Gasteiger partial charge on any atom is 0.194 e. The van der Waals surface area contributed by atoms with Crippen LogP contribution < -0.4 is 5.32 Å². The van der Waals surface area contributed by atoms with Crippen molar-refractivity contribution in [1.29, 1.82) is 0 Å². The molecule has 6 nitrogen and oxygen atoms in total. The van der Waals surface area contributed by atoms with E-state index in [1.807, 2.05) is 12.4 Å². The maximum atomic E-state index is 13.3. The highest BCUT2D eigenvalue weighted by molar-refractivity contribution is 14.0. The van der Waals surface area contributed by atoms with Gasteiger partial charge in [0.2, 0.25) is 0 Å². The van der Waals surface area contributed by atoms with E-state index in [0.29, 0.717) is 19.0 Å². The Morgan fingerprint density at radius 1 is 1.30 bits per heavy atom. The normalized spacial score (nSPS) is 19.7. The molecule has 1 saturated heterocycles. The fraction of sp³-hybridized carbons (Fsp3) is 0.545. The van der Waals surface area contributed by atoms with Crippen molar-refractivity contribution in [2.75, 3.05) is 19.6 Å². The molecule has 0 aliphatic carbocycles. The van der Waals surface area contributed by atoms with Gasteiger partial charge >= 0.3 is 0 Å². The fourth-order valence-electron chi connectivity index (χ4n) is 3.61. The van der Waals surface area contributed by atoms with E-state index in [4.69, 9.17) is 9.73 Å². The number of benzene rings is 1. The second kappa shape index (κ2) is 11.6. The van der Waals surface area contributed by atoms with E-state index in [9.17, 15) is 4.39 Å². The van der Waals surface area contributed by atoms with Gasteiger partial charge < -0.3 is 19.5 Å². The molecule has 1 aliphatic rings. The topological polar surface area (TPSA) is 54.7 Å². The van der Waals surface area contributed by atoms with Crippen LogP contribution in [-0.4, -0.2) is 46.1 Å². The van der Waals surface area contributed by atoms with E-state index in [1.165, 1.54) is 12.1 Å². The van der Waals surface area contributed by atoms with Crippen LogP contribution in [-0.2, 0) is 17.8 Å². The number of rotatable bonds is 6. The average molecular weight is 529 g/mol. The number of morpholine rings is 1. The van der Waals surface area contributed by atoms with Crippen LogP contribution in [0.2, 0.25) is 0 Å². The van der Waals surface area contributed by atoms with Gasteiger partial charge in [-0.2, -0.15) is 0 Å². The molecule has 1 aromatic carbocycles. The first-order chi connectivity index (χ1) is 14.0. The van der Waals surface area contributed by atoms with Crippen LogP contribution in [0.15, 0.2) is 41.7 Å². The number of ether oxygens (including phenoxy) is 1. The Morgan fingerprint density at radius 2 is 2.03 bits per heavy atom. The zero-order chi connectivity index (χ0) is 20.8. The Kier molecular flexibility index (Phi) is 9.54. The zero-order valence-electron chi connectivity index (χ0n) is 18.2. The first-order valence-corrected chi connectivity index (χ1v) is 10.4. The Balaban J connectivity index is 0.00000320. The molecule has 0 amide bonds. The molecule has 2 atom stereocenters. The summed E-state index contributed by atoms with van der Waals surface area (Å²) in [6.45, 7) is 12.2. The van der Waals surface area contributed by atoms with Gasteiger partial charge in [0.25, 0.3) is 0 Å². The molecular formula is C22H33FIN5O. The van der Waals surface area contributed by atoms with Gasteiger partial charge in [-0.3, -0.25) is 0 Å². The summed E-state index contributed by atoms with van der Waals surface area (Å²) in [5.74, 6) is 2.14. The summed E-state index contributed by atoms with van der Waals surface area (Å²) >= 11 is 0. The molecule has 1 fully saturated rings. The highest BCUT2D eigenvalue weighted by Crippen LogP contribution is 2.25. The number of guanidine groups is 1. The van der Waals surface area contributed by atoms with E-state index >= 15 is 0 Å². The zero-order valence-corrected chi connectivity index (χ0v) is 20.5. The van der Waals surface area contributed by atoms with Crippen LogP contribution >= 0.6 is 24.0 Å². The molecule has 1 aliphatic heterocycles. The van der Waals surface area contributed by atoms with Crippen LogP contribution in [0, 0.1) is 11.7 Å². The van der Waals surface area contributed by atoms with Gasteiger partial charge in [0.15, 0.2) is 5.96 Å². The van der Waals surface area contributed by atoms with E-state index in [0.717, 1.165) is 37.0 Å². The standard InChI is InChI=1S/C22H32FN5O.HI/c1-5-24-22(26-12-21-25-10-11-27(21)13-16(2)3)28-14-17(4)29-20(15-28)18-6-8-19(23)9-7-18;/h6-11,16-17,20H,5,12-15H2,1-4H3,(H,24,26);1H. The number of nitrogens with one attached hydrogen (secondary N) is 1. The number of aliphatic imine (C=N–C) groups is 1. The van der Waals surface area contributed by atoms with Gasteiger partial charge in [-0.25, -0.2) is 14.4 Å². The van der Waals surface area contributed by atoms with E-state index in [1.54, 1.807) is 12.1 Å². The molecule has 2 aromatic rings. The lowest BCUT2D eigenvalue weighted by molar-refractivity contribution is -0.0605. The van der Waals surface area contributed by atoms with Crippen molar-refractivity contribution in [3.63, 3.8) is 0 Å². The van der Waals surface area contributed by atoms with E-state index in [2.05, 4.69) is 47.5 Å². The van der Waals surface area contributed by atoms with Crippen molar-refractivity contribution >= 4 is 29.9 Å². The van der Waals surface area contributed by atoms with Crippen LogP contribution in [0.4, 0.5) is 4.39 Å². The minimum Gasteiger partial charge on any atom is -0.367 e. The van der Waals surface area contributed by atoms with Crippen LogP contribution in [0.25, 0.3) is 0 Å². The number of nitrogens with zero attached hydrogens (tertiary/aromatic N) is 4. The Hall–Kier alpha value is -1.68. The molecule has 3 rings (SSSR count). The maximum absolute atomic E-state index is 13.3. The summed E-state index contributed by atoms with van der Waals surface area (Å²) in [5, 5.41) is 3.40. The minimum atomic E-state index is -0.235. The molecule has 0 spiro atoms. The second-order valence-electron chi connectivity index (χ2n) is 7.95. The largest absolute Gasteiger partial charge is 0.367 e. The van der Waals surface area contributed by atoms with Crippen molar-refractivity contribution < 1.29 is 9.13 Å². The summed E-state index contributed by atoms with van der Waals surface area (Å²) < 4.78 is 21.6. The highest BCUT2D eigenvalue weighted by Gasteiger charge is 2.28. The molecule has 8 heteroatoms. The van der Waals surface area contributed by atoms with Crippen molar-refractivity contribution in [3.8, 4) is 0 Å². The first-order valence-electron chi connectivity index (χ1n) is 10.4. The third kappa shape index (κ3) is 6.66. The van der Waals surface area contributed by atoms with Gasteiger partial charge in [0.05, 0.1) is 12.6 Å². The van der Waals surface area contributed by atoms with Crippen LogP contribution in [0.1, 0.15) is 45.2 Å². The molecule has 30 heavy (non-hydrogen) atoms. The number of halogens is 2. The van der Waals surface area contributed by atoms with Gasteiger partial charge in [0, 0.05) is 32.0 Å². The molecule has 2 heterocycles. The number of hydrogen-bond acceptors (Lipinski definition) is 3. The summed E-state index contributed by atoms with van der Waals surface area (Å²) in [6, 6.07) is 6.55. The van der Waals surface area contributed by atoms with Crippen LogP contribution in [0.3, 0.4) is 0 Å². The molecule has 166 valence electrons. The molecule has 1 N–H and O–H groups in total. The summed E-state index contributed by atoms with van der Waals surface area (Å²) in [6.07, 6.45) is 3.78. The first kappa shape index (κ1) is 24.6. The highest BCUT2D eigenvalue weighted by atomic mass is 127. The van der Waals surface area contributed by atoms with Gasteiger partial charge in [-0.1, -0.05) is 26.0 Å². The van der Waals surface area contributed by atoms with Crippen molar-refractivity contribution in [2.24, 2.45) is 10.9 Å². The van der Waals surface area contributed by atoms with Crippen molar-refractivity contribution in [1.82, 2.24) is 19.8 Å². The number of hydrogen-bond donors (Lipinski definition) is 1. The third-order valence-corrected chi connectivity index (χ3v) is 4.87. The lowest BCUT2D eigenvalue weighted by Gasteiger charge is -2.38. The van der Waals surface area contributed by atoms with Gasteiger partial charge in [-0.05, 0) is 37.5 Å². The van der Waals surface area contributed by atoms with Crippen molar-refractivity contribution in [2.45, 2.75) is 53.0 Å². The predicted molar refractivity (Wildman–Crippen MR) is 129 cm³/mol. The molecule has 0 radical (unpaired) electrons. The fourth-order valence-corrected chi connectivity index (χ4v) is 3.61. The third-order valence-electron chi connectivity index (χ3n) is 4.87. The monoisotopic (exact) mass is 529 g/mol. The lowest BCUT2D eigenvalue weighted by Crippen LogP contribution is -2.50. The quantitative estimate of drug-likeness (QED) is 0.346. The molecular weight excluding hydrogens is 496 g/mol. The van der Waals surface area contributed by atoms with Crippen molar-refractivity contribution in [3.05, 3.63) is 53.9 Å². The predicted octanol–water partition coefficient (Wildman–Crippen LogP) is 4.22. The molecule has 2 unspecified atom stereocenters. The second-order valence-corrected chi connectivity index (χ2v) is 7.95. The lowest BCUT2D eigenvalue weighted by atomic mass is 10.1. The Bertz CT molecular complexity index is 808. The van der Waals surface area contributed by atoms with Crippen LogP contribution in [0.5, 0.6) is 0 Å². The summed E-state index contributed by atoms with van der Waals surface area (Å²) in [4.78, 5) is 11.6. The number of imidazole rings is 1. The minimum absolute atomic E-state index is 0. The van der Waals surface area contributed by atoms with E-state index < -0.39 is 0 Å².